The van der Waals surface area contributed by atoms with Crippen LogP contribution in [0.1, 0.15) is 72.6 Å². The number of carbonyl (C=O) groups excluding carboxylic acids is 1. The number of ketones is 1. The van der Waals surface area contributed by atoms with Crippen LogP contribution in [0.25, 0.3) is 0 Å². The highest BCUT2D eigenvalue weighted by Crippen LogP contribution is 2.26. The molecule has 118 valence electrons. The quantitative estimate of drug-likeness (QED) is 0.539. The van der Waals surface area contributed by atoms with Gasteiger partial charge in [-0.2, -0.15) is 0 Å². The van der Waals surface area contributed by atoms with Crippen LogP contribution in [0.15, 0.2) is 35.5 Å². The third kappa shape index (κ3) is 7.45. The molecule has 0 aromatic rings. The molecule has 21 heavy (non-hydrogen) atoms. The van der Waals surface area contributed by atoms with E-state index in [0.717, 1.165) is 38.5 Å². The van der Waals surface area contributed by atoms with Gasteiger partial charge in [-0.25, -0.2) is 0 Å². The molecule has 1 nitrogen and oxygen atoms in total. The van der Waals surface area contributed by atoms with Gasteiger partial charge in [-0.3, -0.25) is 4.79 Å². The summed E-state index contributed by atoms with van der Waals surface area (Å²) in [6.45, 7) is 12.8. The third-order valence-corrected chi connectivity index (χ3v) is 4.54. The zero-order valence-electron chi connectivity index (χ0n) is 14.4. The lowest BCUT2D eigenvalue weighted by molar-refractivity contribution is -0.119. The highest BCUT2D eigenvalue weighted by Gasteiger charge is 2.14. The lowest BCUT2D eigenvalue weighted by atomic mass is 9.86. The summed E-state index contributed by atoms with van der Waals surface area (Å²) in [6.07, 6.45) is 11.5. The summed E-state index contributed by atoms with van der Waals surface area (Å²) in [5, 5.41) is 0. The molecule has 1 heteroatoms. The van der Waals surface area contributed by atoms with Crippen LogP contribution in [0.3, 0.4) is 0 Å². The predicted octanol–water partition coefficient (Wildman–Crippen LogP) is 6.02. The maximum Gasteiger partial charge on any atom is 0.137 e. The van der Waals surface area contributed by atoms with Gasteiger partial charge < -0.3 is 0 Å². The number of rotatable bonds is 1. The van der Waals surface area contributed by atoms with Crippen LogP contribution in [0.2, 0.25) is 0 Å². The molecule has 1 aliphatic carbocycles. The Balaban J connectivity index is 2.79. The minimum Gasteiger partial charge on any atom is -0.299 e. The molecular formula is C20H32O. The largest absolute Gasteiger partial charge is 0.299 e. The summed E-state index contributed by atoms with van der Waals surface area (Å²) in [4.78, 5) is 12.1. The fourth-order valence-corrected chi connectivity index (χ4v) is 2.99. The van der Waals surface area contributed by atoms with Crippen LogP contribution >= 0.6 is 0 Å². The minimum atomic E-state index is 0.396. The van der Waals surface area contributed by atoms with Gasteiger partial charge in [0.1, 0.15) is 5.78 Å². The van der Waals surface area contributed by atoms with Gasteiger partial charge >= 0.3 is 0 Å². The fraction of sp³-hybridized carbons (Fsp3) is 0.650. The third-order valence-electron chi connectivity index (χ3n) is 4.54. The van der Waals surface area contributed by atoms with Crippen molar-refractivity contribution in [3.05, 3.63) is 35.5 Å². The molecule has 0 fully saturated rings. The lowest BCUT2D eigenvalue weighted by Crippen LogP contribution is -2.09. The molecule has 0 spiro atoms. The maximum atomic E-state index is 12.1. The van der Waals surface area contributed by atoms with Gasteiger partial charge in [-0.15, -0.1) is 0 Å². The van der Waals surface area contributed by atoms with E-state index >= 15 is 0 Å². The topological polar surface area (TPSA) is 17.1 Å². The van der Waals surface area contributed by atoms with Crippen molar-refractivity contribution in [1.82, 2.24) is 0 Å². The molecule has 0 aromatic carbocycles. The van der Waals surface area contributed by atoms with Crippen molar-refractivity contribution in [2.45, 2.75) is 72.6 Å². The van der Waals surface area contributed by atoms with Crippen molar-refractivity contribution in [3.8, 4) is 0 Å². The molecule has 0 heterocycles. The van der Waals surface area contributed by atoms with Gasteiger partial charge in [0.2, 0.25) is 0 Å². The molecule has 0 bridgehead atoms. The van der Waals surface area contributed by atoms with E-state index in [1.165, 1.54) is 16.7 Å². The highest BCUT2D eigenvalue weighted by molar-refractivity contribution is 5.80. The van der Waals surface area contributed by atoms with Gasteiger partial charge in [0.25, 0.3) is 0 Å². The molecule has 0 amide bonds. The van der Waals surface area contributed by atoms with Gasteiger partial charge in [0, 0.05) is 12.8 Å². The first-order valence-corrected chi connectivity index (χ1v) is 8.36. The summed E-state index contributed by atoms with van der Waals surface area (Å²) in [7, 11) is 0. The van der Waals surface area contributed by atoms with Crippen LogP contribution < -0.4 is 0 Å². The summed E-state index contributed by atoms with van der Waals surface area (Å²) >= 11 is 0. The van der Waals surface area contributed by atoms with Gasteiger partial charge in [-0.05, 0) is 64.7 Å². The molecule has 0 radical (unpaired) electrons. The first kappa shape index (κ1) is 17.9. The van der Waals surface area contributed by atoms with Crippen molar-refractivity contribution in [2.75, 3.05) is 0 Å². The monoisotopic (exact) mass is 288 g/mol. The van der Waals surface area contributed by atoms with Crippen molar-refractivity contribution >= 4 is 5.78 Å². The first-order valence-electron chi connectivity index (χ1n) is 8.36. The Hall–Kier alpha value is -1.11. The molecule has 0 unspecified atom stereocenters. The van der Waals surface area contributed by atoms with Crippen LogP contribution in [0.4, 0.5) is 0 Å². The standard InChI is InChI=1S/C20H32O/c1-15(2)19-11-9-16(3)7-6-8-17(4)13-20(21)14-18(5)10-12-19/h8-9,18-19H,1,6-7,10-14H2,2-5H3/b16-9+,17-8+/t18-,19+/m1/s1. The molecule has 0 saturated carbocycles. The Kier molecular flexibility index (Phi) is 7.71. The first-order chi connectivity index (χ1) is 9.88. The van der Waals surface area contributed by atoms with E-state index in [4.69, 9.17) is 0 Å². The second-order valence-corrected chi connectivity index (χ2v) is 7.02. The molecule has 1 aliphatic rings. The zero-order chi connectivity index (χ0) is 15.8. The molecule has 0 aromatic heterocycles. The SMILES string of the molecule is C=C(C)[C@H]1C/C=C(\C)CC/C=C(\C)CC(=O)C[C@H](C)CC1. The molecular weight excluding hydrogens is 256 g/mol. The normalized spacial score (nSPS) is 31.5. The highest BCUT2D eigenvalue weighted by atomic mass is 16.1. The predicted molar refractivity (Wildman–Crippen MR) is 92.3 cm³/mol. The number of Topliss-reactive ketones (excluding diaryl/α,β-unsaturated/α-hetero) is 1. The molecule has 0 aliphatic heterocycles. The average Bonchev–Trinajstić information content (AvgIpc) is 2.36. The molecule has 0 N–H and O–H groups in total. The van der Waals surface area contributed by atoms with Crippen LogP contribution in [-0.4, -0.2) is 5.78 Å². The van der Waals surface area contributed by atoms with E-state index in [1.807, 2.05) is 0 Å². The second kappa shape index (κ2) is 9.02. The molecule has 1 rings (SSSR count). The average molecular weight is 288 g/mol. The number of allylic oxidation sites excluding steroid dienone is 5. The van der Waals surface area contributed by atoms with E-state index in [-0.39, 0.29) is 0 Å². The van der Waals surface area contributed by atoms with Crippen molar-refractivity contribution < 1.29 is 4.79 Å². The number of hydrogen-bond acceptors (Lipinski definition) is 1. The lowest BCUT2D eigenvalue weighted by Gasteiger charge is -2.19. The van der Waals surface area contributed by atoms with Crippen molar-refractivity contribution in [3.63, 3.8) is 0 Å². The Bertz CT molecular complexity index is 425. The van der Waals surface area contributed by atoms with Gasteiger partial charge in [-0.1, -0.05) is 42.4 Å². The van der Waals surface area contributed by atoms with E-state index in [1.54, 1.807) is 0 Å². The van der Waals surface area contributed by atoms with Crippen molar-refractivity contribution in [1.29, 1.82) is 0 Å². The maximum absolute atomic E-state index is 12.1. The molecule has 0 saturated heterocycles. The van der Waals surface area contributed by atoms with E-state index < -0.39 is 0 Å². The Labute approximate surface area is 131 Å². The van der Waals surface area contributed by atoms with Crippen LogP contribution in [-0.2, 0) is 4.79 Å². The van der Waals surface area contributed by atoms with Crippen LogP contribution in [0.5, 0.6) is 0 Å². The van der Waals surface area contributed by atoms with Crippen LogP contribution in [0, 0.1) is 11.8 Å². The minimum absolute atomic E-state index is 0.396. The van der Waals surface area contributed by atoms with Gasteiger partial charge in [0.15, 0.2) is 0 Å². The van der Waals surface area contributed by atoms with Gasteiger partial charge in [0.05, 0.1) is 0 Å². The molecule has 2 atom stereocenters. The second-order valence-electron chi connectivity index (χ2n) is 7.02. The summed E-state index contributed by atoms with van der Waals surface area (Å²) in [5.41, 5.74) is 3.97. The van der Waals surface area contributed by atoms with Crippen molar-refractivity contribution in [2.24, 2.45) is 11.8 Å². The van der Waals surface area contributed by atoms with E-state index in [9.17, 15) is 4.79 Å². The summed E-state index contributed by atoms with van der Waals surface area (Å²) in [5.74, 6) is 1.45. The Morgan fingerprint density at radius 1 is 1.19 bits per heavy atom. The van der Waals surface area contributed by atoms with E-state index in [0.29, 0.717) is 24.0 Å². The summed E-state index contributed by atoms with van der Waals surface area (Å²) in [6, 6.07) is 0. The smallest absolute Gasteiger partial charge is 0.137 e. The fourth-order valence-electron chi connectivity index (χ4n) is 2.99. The Morgan fingerprint density at radius 3 is 2.57 bits per heavy atom. The number of carbonyl (C=O) groups is 1. The van der Waals surface area contributed by atoms with E-state index in [2.05, 4.69) is 46.4 Å². The number of hydrogen-bond donors (Lipinski definition) is 0. The summed E-state index contributed by atoms with van der Waals surface area (Å²) < 4.78 is 0. The Morgan fingerprint density at radius 2 is 1.90 bits per heavy atom. The zero-order valence-corrected chi connectivity index (χ0v) is 14.4.